The highest BCUT2D eigenvalue weighted by Crippen LogP contribution is 2.33. The quantitative estimate of drug-likeness (QED) is 0.779. The first kappa shape index (κ1) is 19.4. The van der Waals surface area contributed by atoms with Gasteiger partial charge in [-0.15, -0.1) is 0 Å². The summed E-state index contributed by atoms with van der Waals surface area (Å²) in [4.78, 5) is 21.1. The molecule has 1 fully saturated rings. The fraction of sp³-hybridized carbons (Fsp3) is 0.350. The van der Waals surface area contributed by atoms with Gasteiger partial charge in [0, 0.05) is 18.0 Å². The van der Waals surface area contributed by atoms with Crippen molar-refractivity contribution in [2.75, 3.05) is 13.2 Å². The van der Waals surface area contributed by atoms with Crippen LogP contribution in [0.4, 0.5) is 18.0 Å². The first-order valence-electron chi connectivity index (χ1n) is 9.09. The van der Waals surface area contributed by atoms with Crippen molar-refractivity contribution in [2.24, 2.45) is 0 Å². The van der Waals surface area contributed by atoms with Crippen LogP contribution < -0.4 is 0 Å². The van der Waals surface area contributed by atoms with E-state index in [2.05, 4.69) is 9.97 Å². The molecule has 1 amide bonds. The van der Waals surface area contributed by atoms with Crippen LogP contribution in [0.2, 0.25) is 0 Å². The number of ether oxygens (including phenoxy) is 2. The highest BCUT2D eigenvalue weighted by atomic mass is 19.4. The molecule has 2 aromatic rings. The fourth-order valence-electron chi connectivity index (χ4n) is 3.53. The number of alkyl halides is 3. The predicted molar refractivity (Wildman–Crippen MR) is 96.5 cm³/mol. The van der Waals surface area contributed by atoms with Gasteiger partial charge in [0.1, 0.15) is 6.61 Å². The Morgan fingerprint density at radius 2 is 1.90 bits per heavy atom. The largest absolute Gasteiger partial charge is 0.451 e. The van der Waals surface area contributed by atoms with Crippen LogP contribution in [0.15, 0.2) is 48.8 Å². The molecule has 0 aliphatic carbocycles. The van der Waals surface area contributed by atoms with E-state index < -0.39 is 18.1 Å². The smallest absolute Gasteiger partial charge is 0.445 e. The predicted octanol–water partition coefficient (Wildman–Crippen LogP) is 3.69. The maximum Gasteiger partial charge on any atom is 0.451 e. The number of benzene rings is 1. The molecule has 1 saturated heterocycles. The summed E-state index contributed by atoms with van der Waals surface area (Å²) in [5.74, 6) is -1.17. The molecular weight excluding hydrogens is 387 g/mol. The molecule has 0 radical (unpaired) electrons. The Balaban J connectivity index is 1.49. The highest BCUT2D eigenvalue weighted by Gasteiger charge is 2.39. The molecule has 1 aromatic carbocycles. The lowest BCUT2D eigenvalue weighted by Crippen LogP contribution is -2.56. The van der Waals surface area contributed by atoms with Gasteiger partial charge in [-0.2, -0.15) is 13.2 Å². The third-order valence-corrected chi connectivity index (χ3v) is 4.89. The Hall–Kier alpha value is -2.94. The van der Waals surface area contributed by atoms with Crippen LogP contribution in [0.3, 0.4) is 0 Å². The third-order valence-electron chi connectivity index (χ3n) is 4.89. The number of carbonyl (C=O) groups excluding carboxylic acids is 1. The van der Waals surface area contributed by atoms with Crippen molar-refractivity contribution in [3.8, 4) is 0 Å². The van der Waals surface area contributed by atoms with Crippen molar-refractivity contribution in [3.63, 3.8) is 0 Å². The van der Waals surface area contributed by atoms with Crippen LogP contribution in [0.25, 0.3) is 5.57 Å². The Bertz CT molecular complexity index is 901. The summed E-state index contributed by atoms with van der Waals surface area (Å²) in [5, 5.41) is 0. The van der Waals surface area contributed by atoms with Gasteiger partial charge in [-0.05, 0) is 17.6 Å². The summed E-state index contributed by atoms with van der Waals surface area (Å²) in [6, 6.07) is 8.74. The van der Waals surface area contributed by atoms with Crippen molar-refractivity contribution in [2.45, 2.75) is 31.3 Å². The zero-order valence-corrected chi connectivity index (χ0v) is 15.3. The van der Waals surface area contributed by atoms with Gasteiger partial charge in [0.15, 0.2) is 0 Å². The monoisotopic (exact) mass is 405 g/mol. The molecule has 29 heavy (non-hydrogen) atoms. The van der Waals surface area contributed by atoms with E-state index >= 15 is 0 Å². The molecule has 2 bridgehead atoms. The van der Waals surface area contributed by atoms with Crippen molar-refractivity contribution in [1.82, 2.24) is 14.9 Å². The average molecular weight is 405 g/mol. The standard InChI is InChI=1S/C20H18F3N3O3/c21-20(22,23)18-24-8-15(9-25-18)14-6-16-11-28-12-17(7-14)26(16)19(27)29-10-13-4-2-1-3-5-13/h1-6,8-9,16-17H,7,10-12H2. The fourth-order valence-corrected chi connectivity index (χ4v) is 3.53. The van der Waals surface area contributed by atoms with Crippen molar-refractivity contribution in [3.05, 3.63) is 65.8 Å². The lowest BCUT2D eigenvalue weighted by Gasteiger charge is -2.43. The van der Waals surface area contributed by atoms with Gasteiger partial charge >= 0.3 is 12.3 Å². The van der Waals surface area contributed by atoms with Crippen LogP contribution in [0.5, 0.6) is 0 Å². The number of hydrogen-bond acceptors (Lipinski definition) is 5. The minimum atomic E-state index is -4.58. The lowest BCUT2D eigenvalue weighted by molar-refractivity contribution is -0.145. The van der Waals surface area contributed by atoms with Gasteiger partial charge in [-0.3, -0.25) is 4.90 Å². The molecule has 0 saturated carbocycles. The van der Waals surface area contributed by atoms with E-state index in [-0.39, 0.29) is 18.7 Å². The van der Waals surface area contributed by atoms with E-state index in [9.17, 15) is 18.0 Å². The number of nitrogens with zero attached hydrogens (tertiary/aromatic N) is 3. The Labute approximate surface area is 165 Å². The normalized spacial score (nSPS) is 21.5. The van der Waals surface area contributed by atoms with E-state index in [1.54, 1.807) is 4.90 Å². The Kier molecular flexibility index (Phi) is 5.23. The Morgan fingerprint density at radius 3 is 2.55 bits per heavy atom. The topological polar surface area (TPSA) is 64.5 Å². The zero-order valence-electron chi connectivity index (χ0n) is 15.3. The van der Waals surface area contributed by atoms with Crippen molar-refractivity contribution < 1.29 is 27.4 Å². The molecule has 2 atom stereocenters. The first-order chi connectivity index (χ1) is 13.9. The van der Waals surface area contributed by atoms with Crippen LogP contribution >= 0.6 is 0 Å². The summed E-state index contributed by atoms with van der Waals surface area (Å²) < 4.78 is 49.0. The number of morpholine rings is 1. The average Bonchev–Trinajstić information content (AvgIpc) is 2.71. The SMILES string of the molecule is O=C(OCc1ccccc1)N1C2C=C(c3cnc(C(F)(F)F)nc3)CC1COC2. The lowest BCUT2D eigenvalue weighted by atomic mass is 9.91. The number of fused-ring (bicyclic) bond motifs is 2. The third kappa shape index (κ3) is 4.24. The van der Waals surface area contributed by atoms with Gasteiger partial charge in [0.05, 0.1) is 25.3 Å². The molecule has 152 valence electrons. The number of aromatic nitrogens is 2. The number of carbonyl (C=O) groups is 1. The second-order valence-corrected chi connectivity index (χ2v) is 6.90. The molecule has 2 aliphatic rings. The van der Waals surface area contributed by atoms with Gasteiger partial charge in [-0.1, -0.05) is 36.4 Å². The van der Waals surface area contributed by atoms with E-state index in [0.29, 0.717) is 25.2 Å². The molecule has 4 rings (SSSR count). The molecule has 0 spiro atoms. The summed E-state index contributed by atoms with van der Waals surface area (Å²) in [5.41, 5.74) is 2.19. The molecule has 0 N–H and O–H groups in total. The van der Waals surface area contributed by atoms with E-state index in [4.69, 9.17) is 9.47 Å². The summed E-state index contributed by atoms with van der Waals surface area (Å²) in [6.07, 6.45) is -0.449. The second-order valence-electron chi connectivity index (χ2n) is 6.90. The zero-order chi connectivity index (χ0) is 20.4. The van der Waals surface area contributed by atoms with Crippen molar-refractivity contribution in [1.29, 1.82) is 0 Å². The highest BCUT2D eigenvalue weighted by molar-refractivity contribution is 5.74. The Morgan fingerprint density at radius 1 is 1.17 bits per heavy atom. The number of rotatable bonds is 3. The van der Waals surface area contributed by atoms with Crippen LogP contribution in [-0.2, 0) is 22.3 Å². The van der Waals surface area contributed by atoms with Gasteiger partial charge < -0.3 is 9.47 Å². The van der Waals surface area contributed by atoms with Gasteiger partial charge in [-0.25, -0.2) is 14.8 Å². The number of halogens is 3. The van der Waals surface area contributed by atoms with Crippen LogP contribution in [0.1, 0.15) is 23.4 Å². The van der Waals surface area contributed by atoms with Gasteiger partial charge in [0.25, 0.3) is 0 Å². The minimum absolute atomic E-state index is 0.166. The van der Waals surface area contributed by atoms with E-state index in [1.165, 1.54) is 12.4 Å². The minimum Gasteiger partial charge on any atom is -0.445 e. The molecule has 1 aromatic heterocycles. The van der Waals surface area contributed by atoms with E-state index in [1.807, 2.05) is 36.4 Å². The summed E-state index contributed by atoms with van der Waals surface area (Å²) >= 11 is 0. The molecule has 2 unspecified atom stereocenters. The number of hydrogen-bond donors (Lipinski definition) is 0. The second kappa shape index (κ2) is 7.82. The summed E-state index contributed by atoms with van der Waals surface area (Å²) in [6.45, 7) is 0.789. The maximum atomic E-state index is 12.7. The molecular formula is C20H18F3N3O3. The molecule has 9 heteroatoms. The van der Waals surface area contributed by atoms with Crippen LogP contribution in [-0.4, -0.2) is 46.3 Å². The maximum absolute atomic E-state index is 12.7. The molecule has 3 heterocycles. The van der Waals surface area contributed by atoms with Crippen LogP contribution in [0, 0.1) is 0 Å². The first-order valence-corrected chi connectivity index (χ1v) is 9.09. The summed E-state index contributed by atoms with van der Waals surface area (Å²) in [7, 11) is 0. The van der Waals surface area contributed by atoms with Gasteiger partial charge in [0.2, 0.25) is 5.82 Å². The van der Waals surface area contributed by atoms with E-state index in [0.717, 1.165) is 11.1 Å². The molecule has 2 aliphatic heterocycles. The molecule has 6 nitrogen and oxygen atoms in total. The van der Waals surface area contributed by atoms with Crippen molar-refractivity contribution >= 4 is 11.7 Å². The number of amides is 1.